The summed E-state index contributed by atoms with van der Waals surface area (Å²) in [5, 5.41) is 11.6. The van der Waals surface area contributed by atoms with Gasteiger partial charge < -0.3 is 10.4 Å². The van der Waals surface area contributed by atoms with E-state index in [4.69, 9.17) is 16.7 Å². The van der Waals surface area contributed by atoms with E-state index >= 15 is 0 Å². The zero-order chi connectivity index (χ0) is 12.0. The average Bonchev–Trinajstić information content (AvgIpc) is 2.30. The highest BCUT2D eigenvalue weighted by Gasteiger charge is 2.16. The highest BCUT2D eigenvalue weighted by Crippen LogP contribution is 2.18. The predicted octanol–water partition coefficient (Wildman–Crippen LogP) is 2.42. The first-order valence-electron chi connectivity index (χ1n) is 5.30. The van der Waals surface area contributed by atoms with Crippen LogP contribution in [0.25, 0.3) is 0 Å². The van der Waals surface area contributed by atoms with Crippen LogP contribution in [0.4, 0.5) is 0 Å². The van der Waals surface area contributed by atoms with Gasteiger partial charge in [-0.3, -0.25) is 4.79 Å². The van der Waals surface area contributed by atoms with Crippen molar-refractivity contribution in [2.45, 2.75) is 24.8 Å². The van der Waals surface area contributed by atoms with Crippen molar-refractivity contribution < 1.29 is 9.90 Å². The Hall–Kier alpha value is -1.06. The van der Waals surface area contributed by atoms with Crippen molar-refractivity contribution in [1.82, 2.24) is 5.32 Å². The fraction of sp³-hybridized carbons (Fsp3) is 0.417. The molecule has 1 rings (SSSR count). The summed E-state index contributed by atoms with van der Waals surface area (Å²) in [6.45, 7) is 2.29. The Morgan fingerprint density at radius 1 is 1.44 bits per heavy atom. The third-order valence-corrected chi connectivity index (χ3v) is 2.82. The molecule has 0 bridgehead atoms. The Balaban J connectivity index is 2.46. The van der Waals surface area contributed by atoms with E-state index in [0.717, 1.165) is 5.56 Å². The Labute approximate surface area is 100 Å². The van der Waals surface area contributed by atoms with E-state index in [-0.39, 0.29) is 5.38 Å². The van der Waals surface area contributed by atoms with E-state index in [0.29, 0.717) is 13.0 Å². The number of hydrogen-bond donors (Lipinski definition) is 2. The molecule has 0 heterocycles. The summed E-state index contributed by atoms with van der Waals surface area (Å²) in [7, 11) is 0. The molecule has 0 saturated heterocycles. The molecule has 4 heteroatoms. The van der Waals surface area contributed by atoms with Crippen LogP contribution in [-0.4, -0.2) is 23.7 Å². The molecule has 1 aromatic carbocycles. The van der Waals surface area contributed by atoms with Crippen LogP contribution < -0.4 is 5.32 Å². The van der Waals surface area contributed by atoms with Crippen LogP contribution >= 0.6 is 11.6 Å². The number of nitrogens with one attached hydrogen (secondary N) is 1. The lowest BCUT2D eigenvalue weighted by Gasteiger charge is -2.15. The van der Waals surface area contributed by atoms with E-state index < -0.39 is 12.0 Å². The highest BCUT2D eigenvalue weighted by atomic mass is 35.5. The fourth-order valence-corrected chi connectivity index (χ4v) is 1.67. The Morgan fingerprint density at radius 3 is 2.56 bits per heavy atom. The van der Waals surface area contributed by atoms with Gasteiger partial charge in [-0.1, -0.05) is 37.3 Å². The minimum absolute atomic E-state index is 0.199. The maximum absolute atomic E-state index is 10.8. The molecule has 2 atom stereocenters. The van der Waals surface area contributed by atoms with E-state index in [1.807, 2.05) is 37.3 Å². The smallest absolute Gasteiger partial charge is 0.320 e. The van der Waals surface area contributed by atoms with E-state index in [9.17, 15) is 4.79 Å². The Morgan fingerprint density at radius 2 is 2.06 bits per heavy atom. The van der Waals surface area contributed by atoms with Gasteiger partial charge in [0.15, 0.2) is 0 Å². The lowest BCUT2D eigenvalue weighted by molar-refractivity contribution is -0.139. The summed E-state index contributed by atoms with van der Waals surface area (Å²) >= 11 is 6.16. The van der Waals surface area contributed by atoms with Gasteiger partial charge in [-0.2, -0.15) is 0 Å². The zero-order valence-corrected chi connectivity index (χ0v) is 9.95. The van der Waals surface area contributed by atoms with Crippen LogP contribution in [0.1, 0.15) is 24.3 Å². The third-order valence-electron chi connectivity index (χ3n) is 2.41. The molecular weight excluding hydrogens is 226 g/mol. The van der Waals surface area contributed by atoms with Crippen LogP contribution in [0.3, 0.4) is 0 Å². The van der Waals surface area contributed by atoms with Gasteiger partial charge in [0.05, 0.1) is 5.38 Å². The molecule has 0 fully saturated rings. The zero-order valence-electron chi connectivity index (χ0n) is 9.19. The van der Waals surface area contributed by atoms with Gasteiger partial charge in [-0.05, 0) is 12.0 Å². The molecule has 0 amide bonds. The summed E-state index contributed by atoms with van der Waals surface area (Å²) < 4.78 is 0. The van der Waals surface area contributed by atoms with E-state index in [2.05, 4.69) is 5.32 Å². The van der Waals surface area contributed by atoms with Crippen LogP contribution in [0, 0.1) is 0 Å². The van der Waals surface area contributed by atoms with Gasteiger partial charge >= 0.3 is 5.97 Å². The second-order valence-electron chi connectivity index (χ2n) is 3.59. The minimum atomic E-state index is -0.834. The number of carboxylic acid groups (broad SMARTS) is 1. The van der Waals surface area contributed by atoms with Crippen molar-refractivity contribution in [3.63, 3.8) is 0 Å². The number of carboxylic acids is 1. The quantitative estimate of drug-likeness (QED) is 0.752. The van der Waals surface area contributed by atoms with Crippen molar-refractivity contribution >= 4 is 17.6 Å². The van der Waals surface area contributed by atoms with Crippen molar-refractivity contribution in [3.05, 3.63) is 35.9 Å². The number of halogens is 1. The summed E-state index contributed by atoms with van der Waals surface area (Å²) in [4.78, 5) is 10.8. The predicted molar refractivity (Wildman–Crippen MR) is 64.8 cm³/mol. The Kier molecular flexibility index (Phi) is 5.29. The van der Waals surface area contributed by atoms with Gasteiger partial charge in [-0.15, -0.1) is 11.6 Å². The van der Waals surface area contributed by atoms with Crippen LogP contribution in [0.2, 0.25) is 0 Å². The normalized spacial score (nSPS) is 14.4. The summed E-state index contributed by atoms with van der Waals surface area (Å²) in [5.74, 6) is -0.834. The molecular formula is C12H16ClNO2. The van der Waals surface area contributed by atoms with Gasteiger partial charge in [0.1, 0.15) is 6.04 Å². The number of hydrogen-bond acceptors (Lipinski definition) is 2. The molecule has 3 nitrogen and oxygen atoms in total. The molecule has 2 N–H and O–H groups in total. The molecule has 0 aromatic heterocycles. The van der Waals surface area contributed by atoms with Crippen molar-refractivity contribution in [2.75, 3.05) is 6.54 Å². The standard InChI is InChI=1S/C12H16ClNO2/c1-2-11(12(15)16)14-8-10(13)9-6-4-3-5-7-9/h3-7,10-11,14H,2,8H2,1H3,(H,15,16). The fourth-order valence-electron chi connectivity index (χ4n) is 1.43. The first kappa shape index (κ1) is 13.0. The lowest BCUT2D eigenvalue weighted by Crippen LogP contribution is -2.37. The minimum Gasteiger partial charge on any atom is -0.480 e. The number of carbonyl (C=O) groups is 1. The number of aliphatic carboxylic acids is 1. The largest absolute Gasteiger partial charge is 0.480 e. The molecule has 0 spiro atoms. The van der Waals surface area contributed by atoms with Crippen molar-refractivity contribution in [2.24, 2.45) is 0 Å². The molecule has 16 heavy (non-hydrogen) atoms. The van der Waals surface area contributed by atoms with E-state index in [1.165, 1.54) is 0 Å². The first-order chi connectivity index (χ1) is 7.65. The molecule has 0 aliphatic carbocycles. The van der Waals surface area contributed by atoms with Gasteiger partial charge in [0.2, 0.25) is 0 Å². The summed E-state index contributed by atoms with van der Waals surface area (Å²) in [6.07, 6.45) is 0.549. The molecule has 1 aromatic rings. The monoisotopic (exact) mass is 241 g/mol. The van der Waals surface area contributed by atoms with Gasteiger partial charge in [-0.25, -0.2) is 0 Å². The summed E-state index contributed by atoms with van der Waals surface area (Å²) in [5.41, 5.74) is 0.997. The first-order valence-corrected chi connectivity index (χ1v) is 5.74. The summed E-state index contributed by atoms with van der Waals surface area (Å²) in [6, 6.07) is 9.10. The second kappa shape index (κ2) is 6.51. The third kappa shape index (κ3) is 3.83. The molecule has 88 valence electrons. The highest BCUT2D eigenvalue weighted by molar-refractivity contribution is 6.21. The SMILES string of the molecule is CCC(NCC(Cl)c1ccccc1)C(=O)O. The van der Waals surface area contributed by atoms with E-state index in [1.54, 1.807) is 0 Å². The van der Waals surface area contributed by atoms with Crippen LogP contribution in [-0.2, 0) is 4.79 Å². The molecule has 2 unspecified atom stereocenters. The Bertz CT molecular complexity index is 329. The van der Waals surface area contributed by atoms with Crippen LogP contribution in [0.15, 0.2) is 30.3 Å². The van der Waals surface area contributed by atoms with Crippen molar-refractivity contribution in [3.8, 4) is 0 Å². The van der Waals surface area contributed by atoms with Crippen molar-refractivity contribution in [1.29, 1.82) is 0 Å². The van der Waals surface area contributed by atoms with Gasteiger partial charge in [0.25, 0.3) is 0 Å². The lowest BCUT2D eigenvalue weighted by atomic mass is 10.1. The van der Waals surface area contributed by atoms with Gasteiger partial charge in [0, 0.05) is 6.54 Å². The average molecular weight is 242 g/mol. The maximum Gasteiger partial charge on any atom is 0.320 e. The maximum atomic E-state index is 10.8. The molecule has 0 aliphatic heterocycles. The molecule has 0 saturated carbocycles. The number of benzene rings is 1. The topological polar surface area (TPSA) is 49.3 Å². The second-order valence-corrected chi connectivity index (χ2v) is 4.11. The molecule has 0 radical (unpaired) electrons. The van der Waals surface area contributed by atoms with Crippen LogP contribution in [0.5, 0.6) is 0 Å². The molecule has 0 aliphatic rings. The number of rotatable bonds is 6. The number of alkyl halides is 1.